The molecule has 0 radical (unpaired) electrons. The van der Waals surface area contributed by atoms with Crippen LogP contribution < -0.4 is 4.74 Å². The Kier molecular flexibility index (Phi) is 5.89. The van der Waals surface area contributed by atoms with E-state index in [0.717, 1.165) is 0 Å². The predicted octanol–water partition coefficient (Wildman–Crippen LogP) is 5.45. The van der Waals surface area contributed by atoms with Crippen molar-refractivity contribution < 1.29 is 37.0 Å². The number of benzene rings is 2. The zero-order valence-corrected chi connectivity index (χ0v) is 16.2. The lowest BCUT2D eigenvalue weighted by molar-refractivity contribution is 0.0668. The molecule has 0 heterocycles. The van der Waals surface area contributed by atoms with Crippen molar-refractivity contribution in [3.63, 3.8) is 0 Å². The molecule has 0 saturated carbocycles. The number of halogens is 7. The van der Waals surface area contributed by atoms with E-state index in [1.54, 1.807) is 6.07 Å². The summed E-state index contributed by atoms with van der Waals surface area (Å²) in [6.07, 6.45) is 0. The van der Waals surface area contributed by atoms with Gasteiger partial charge in [-0.15, -0.1) is 0 Å². The van der Waals surface area contributed by atoms with Crippen molar-refractivity contribution in [1.29, 1.82) is 0 Å². The second-order valence-corrected chi connectivity index (χ2v) is 6.97. The third-order valence-corrected chi connectivity index (χ3v) is 5.32. The van der Waals surface area contributed by atoms with E-state index >= 15 is 0 Å². The molecule has 2 aromatic carbocycles. The van der Waals surface area contributed by atoms with E-state index in [4.69, 9.17) is 5.11 Å². The maximum absolute atomic E-state index is 13.8. The zero-order valence-electron chi connectivity index (χ0n) is 11.5. The fraction of sp³-hybridized carbons (Fsp3) is 0. The Morgan fingerprint density at radius 2 is 1.48 bits per heavy atom. The van der Waals surface area contributed by atoms with Crippen LogP contribution in [0.3, 0.4) is 0 Å². The number of ether oxygens (including phenoxy) is 1. The Morgan fingerprint density at radius 1 is 0.920 bits per heavy atom. The van der Waals surface area contributed by atoms with Gasteiger partial charge in [-0.05, 0) is 44.0 Å². The van der Waals surface area contributed by atoms with Gasteiger partial charge in [0, 0.05) is 13.4 Å². The van der Waals surface area contributed by atoms with Gasteiger partial charge in [-0.3, -0.25) is 0 Å². The molecule has 11 heteroatoms. The quantitative estimate of drug-likeness (QED) is 0.182. The van der Waals surface area contributed by atoms with E-state index in [9.17, 15) is 27.2 Å². The molecule has 132 valence electrons. The highest BCUT2D eigenvalue weighted by molar-refractivity contribution is 9.13. The lowest BCUT2D eigenvalue weighted by Crippen LogP contribution is -2.17. The second-order valence-electron chi connectivity index (χ2n) is 4.40. The summed E-state index contributed by atoms with van der Waals surface area (Å²) >= 11 is 9.25. The van der Waals surface area contributed by atoms with Crippen LogP contribution in [0.5, 0.6) is 5.75 Å². The molecular weight excluding hydrogens is 548 g/mol. The van der Waals surface area contributed by atoms with Crippen molar-refractivity contribution in [2.24, 2.45) is 0 Å². The molecule has 0 aliphatic rings. The van der Waals surface area contributed by atoms with Crippen LogP contribution in [0, 0.1) is 23.3 Å². The molecule has 0 amide bonds. The van der Waals surface area contributed by atoms with Gasteiger partial charge in [-0.25, -0.2) is 22.8 Å². The van der Waals surface area contributed by atoms with E-state index in [0.29, 0.717) is 8.95 Å². The summed E-state index contributed by atoms with van der Waals surface area (Å²) in [6, 6.07) is 2.77. The minimum Gasteiger partial charge on any atom is -0.477 e. The molecule has 25 heavy (non-hydrogen) atoms. The molecule has 0 aromatic heterocycles. The van der Waals surface area contributed by atoms with Crippen LogP contribution in [-0.4, -0.2) is 17.0 Å². The Bertz CT molecular complexity index is 918. The Morgan fingerprint density at radius 3 is 2.04 bits per heavy atom. The highest BCUT2D eigenvalue weighted by Crippen LogP contribution is 2.34. The molecule has 0 aliphatic carbocycles. The minimum atomic E-state index is -2.33. The van der Waals surface area contributed by atoms with Gasteiger partial charge in [-0.1, -0.05) is 15.9 Å². The molecule has 0 unspecified atom stereocenters. The zero-order chi connectivity index (χ0) is 19.0. The number of hydrogen-bond acceptors (Lipinski definition) is 3. The molecule has 0 atom stereocenters. The van der Waals surface area contributed by atoms with Crippen LogP contribution in [0.15, 0.2) is 25.6 Å². The summed E-state index contributed by atoms with van der Waals surface area (Å²) < 4.78 is 59.5. The largest absolute Gasteiger partial charge is 0.477 e. The average Bonchev–Trinajstić information content (AvgIpc) is 2.53. The molecule has 0 saturated heterocycles. The lowest BCUT2D eigenvalue weighted by atomic mass is 10.1. The van der Waals surface area contributed by atoms with Gasteiger partial charge in [0.25, 0.3) is 0 Å². The number of carboxylic acids is 1. The van der Waals surface area contributed by atoms with Crippen molar-refractivity contribution in [3.8, 4) is 5.75 Å². The van der Waals surface area contributed by atoms with Crippen molar-refractivity contribution in [3.05, 3.63) is 59.9 Å². The molecule has 0 bridgehead atoms. The maximum atomic E-state index is 13.8. The highest BCUT2D eigenvalue weighted by Gasteiger charge is 2.32. The molecule has 4 nitrogen and oxygen atoms in total. The first-order valence-electron chi connectivity index (χ1n) is 6.02. The molecule has 0 aliphatic heterocycles. The monoisotopic (exact) mass is 548 g/mol. The molecule has 0 spiro atoms. The number of esters is 1. The number of carbonyl (C=O) groups excluding carboxylic acids is 1. The lowest BCUT2D eigenvalue weighted by Gasteiger charge is -2.12. The SMILES string of the molecule is O=C(Oc1c(F)c(F)c(F)c(F)c1C(=O)O)c1cc(Br)cc(Br)c1Br. The second kappa shape index (κ2) is 7.42. The molecule has 2 aromatic rings. The third-order valence-electron chi connectivity index (χ3n) is 2.85. The van der Waals surface area contributed by atoms with Crippen LogP contribution in [-0.2, 0) is 0 Å². The average molecular weight is 551 g/mol. The molecule has 2 rings (SSSR count). The predicted molar refractivity (Wildman–Crippen MR) is 87.7 cm³/mol. The van der Waals surface area contributed by atoms with E-state index in [2.05, 4.69) is 52.5 Å². The summed E-state index contributed by atoms with van der Waals surface area (Å²) in [5, 5.41) is 8.90. The first kappa shape index (κ1) is 19.9. The van der Waals surface area contributed by atoms with Crippen molar-refractivity contribution in [1.82, 2.24) is 0 Å². The van der Waals surface area contributed by atoms with Crippen LogP contribution in [0.2, 0.25) is 0 Å². The minimum absolute atomic E-state index is 0.154. The summed E-state index contributed by atoms with van der Waals surface area (Å²) in [7, 11) is 0. The first-order chi connectivity index (χ1) is 11.6. The molecular formula is C14H3Br3F4O4. The Hall–Kier alpha value is -1.46. The standard InChI is InChI=1S/C14H3Br3F4O4/c15-3-1-4(7(17)5(16)2-3)14(24)25-12-6(13(22)23)8(18)9(19)10(20)11(12)21/h1-2H,(H,22,23). The van der Waals surface area contributed by atoms with Gasteiger partial charge in [0.1, 0.15) is 5.56 Å². The maximum Gasteiger partial charge on any atom is 0.344 e. The van der Waals surface area contributed by atoms with E-state index in [1.807, 2.05) is 0 Å². The first-order valence-corrected chi connectivity index (χ1v) is 8.40. The van der Waals surface area contributed by atoms with Gasteiger partial charge in [-0.2, -0.15) is 4.39 Å². The number of rotatable bonds is 3. The van der Waals surface area contributed by atoms with Gasteiger partial charge in [0.2, 0.25) is 11.6 Å². The van der Waals surface area contributed by atoms with Gasteiger partial charge < -0.3 is 9.84 Å². The molecule has 0 fully saturated rings. The highest BCUT2D eigenvalue weighted by atomic mass is 79.9. The molecule has 1 N–H and O–H groups in total. The normalized spacial score (nSPS) is 10.7. The van der Waals surface area contributed by atoms with E-state index in [1.165, 1.54) is 6.07 Å². The van der Waals surface area contributed by atoms with Crippen LogP contribution in [0.1, 0.15) is 20.7 Å². The van der Waals surface area contributed by atoms with Crippen LogP contribution in [0.4, 0.5) is 17.6 Å². The number of carboxylic acid groups (broad SMARTS) is 1. The number of aromatic carboxylic acids is 1. The van der Waals surface area contributed by atoms with Crippen LogP contribution in [0.25, 0.3) is 0 Å². The third kappa shape index (κ3) is 3.72. The van der Waals surface area contributed by atoms with Crippen molar-refractivity contribution in [2.75, 3.05) is 0 Å². The van der Waals surface area contributed by atoms with Gasteiger partial charge in [0.15, 0.2) is 17.4 Å². The topological polar surface area (TPSA) is 63.6 Å². The van der Waals surface area contributed by atoms with E-state index < -0.39 is 46.5 Å². The summed E-state index contributed by atoms with van der Waals surface area (Å²) in [4.78, 5) is 23.2. The van der Waals surface area contributed by atoms with Gasteiger partial charge >= 0.3 is 11.9 Å². The Balaban J connectivity index is 2.62. The summed E-state index contributed by atoms with van der Waals surface area (Å²) in [5.41, 5.74) is -1.86. The van der Waals surface area contributed by atoms with Crippen molar-refractivity contribution >= 4 is 59.7 Å². The van der Waals surface area contributed by atoms with E-state index in [-0.39, 0.29) is 10.0 Å². The summed E-state index contributed by atoms with van der Waals surface area (Å²) in [6.45, 7) is 0. The number of carbonyl (C=O) groups is 2. The summed E-state index contributed by atoms with van der Waals surface area (Å²) in [5.74, 6) is -14.0. The Labute approximate surface area is 162 Å². The van der Waals surface area contributed by atoms with Crippen molar-refractivity contribution in [2.45, 2.75) is 0 Å². The fourth-order valence-corrected chi connectivity index (χ4v) is 3.37. The smallest absolute Gasteiger partial charge is 0.344 e. The van der Waals surface area contributed by atoms with Crippen LogP contribution >= 0.6 is 47.8 Å². The number of hydrogen-bond donors (Lipinski definition) is 1. The fourth-order valence-electron chi connectivity index (χ4n) is 1.75. The van der Waals surface area contributed by atoms with Gasteiger partial charge in [0.05, 0.1) is 5.56 Å².